The number of tetrazole rings is 1. The first-order valence-corrected chi connectivity index (χ1v) is 9.10. The van der Waals surface area contributed by atoms with Gasteiger partial charge in [-0.15, -0.1) is 11.3 Å². The van der Waals surface area contributed by atoms with E-state index in [1.165, 1.54) is 16.0 Å². The molecule has 2 aromatic heterocycles. The largest absolute Gasteiger partial charge is 0.374 e. The van der Waals surface area contributed by atoms with E-state index in [1.54, 1.807) is 6.07 Å². The molecule has 0 aromatic carbocycles. The van der Waals surface area contributed by atoms with Gasteiger partial charge in [0.25, 0.3) is 0 Å². The predicted octanol–water partition coefficient (Wildman–Crippen LogP) is 0.660. The topological polar surface area (TPSA) is 82.2 Å². The first-order chi connectivity index (χ1) is 11.7. The molecule has 0 unspecified atom stereocenters. The van der Waals surface area contributed by atoms with Crippen molar-refractivity contribution in [3.63, 3.8) is 0 Å². The van der Waals surface area contributed by atoms with Crippen molar-refractivity contribution in [2.75, 3.05) is 13.2 Å². The summed E-state index contributed by atoms with van der Waals surface area (Å²) in [4.78, 5) is 27.0. The SMILES string of the molecule is O=C(Cn1nnn(-c2cccs2)c1=O)N1CCO[C@H]2CCCC[C@@H]21. The van der Waals surface area contributed by atoms with Crippen LogP contribution >= 0.6 is 11.3 Å². The minimum absolute atomic E-state index is 0.0760. The number of carbonyl (C=O) groups is 1. The van der Waals surface area contributed by atoms with Crippen molar-refractivity contribution in [3.05, 3.63) is 28.0 Å². The van der Waals surface area contributed by atoms with Crippen molar-refractivity contribution in [2.24, 2.45) is 0 Å². The Hall–Kier alpha value is -2.00. The lowest BCUT2D eigenvalue weighted by molar-refractivity contribution is -0.150. The molecule has 0 radical (unpaired) electrons. The van der Waals surface area contributed by atoms with Gasteiger partial charge >= 0.3 is 5.69 Å². The molecule has 1 saturated carbocycles. The van der Waals surface area contributed by atoms with Gasteiger partial charge in [0.15, 0.2) is 0 Å². The molecule has 2 fully saturated rings. The van der Waals surface area contributed by atoms with E-state index < -0.39 is 0 Å². The number of ether oxygens (including phenoxy) is 1. The molecule has 1 aliphatic carbocycles. The Balaban J connectivity index is 1.51. The summed E-state index contributed by atoms with van der Waals surface area (Å²) in [7, 11) is 0. The number of hydrogen-bond acceptors (Lipinski definition) is 6. The zero-order valence-electron chi connectivity index (χ0n) is 13.2. The van der Waals surface area contributed by atoms with E-state index >= 15 is 0 Å². The highest BCUT2D eigenvalue weighted by Gasteiger charge is 2.36. The van der Waals surface area contributed by atoms with Gasteiger partial charge in [-0.1, -0.05) is 12.8 Å². The molecule has 128 valence electrons. The molecule has 0 N–H and O–H groups in total. The Morgan fingerprint density at radius 1 is 1.33 bits per heavy atom. The van der Waals surface area contributed by atoms with Crippen LogP contribution in [-0.4, -0.2) is 55.9 Å². The third-order valence-electron chi connectivity index (χ3n) is 4.69. The van der Waals surface area contributed by atoms with Crippen LogP contribution in [0.15, 0.2) is 22.3 Å². The third-order valence-corrected chi connectivity index (χ3v) is 5.54. The first-order valence-electron chi connectivity index (χ1n) is 8.22. The van der Waals surface area contributed by atoms with Gasteiger partial charge < -0.3 is 9.64 Å². The van der Waals surface area contributed by atoms with Crippen LogP contribution in [0.1, 0.15) is 25.7 Å². The van der Waals surface area contributed by atoms with Crippen molar-refractivity contribution in [2.45, 2.75) is 44.4 Å². The molecule has 2 aliphatic rings. The summed E-state index contributed by atoms with van der Waals surface area (Å²) >= 11 is 1.40. The number of thiophene rings is 1. The molecule has 4 rings (SSSR count). The molecular weight excluding hydrogens is 330 g/mol. The molecule has 0 bridgehead atoms. The average Bonchev–Trinajstić information content (AvgIpc) is 3.25. The van der Waals surface area contributed by atoms with Crippen LogP contribution in [0, 0.1) is 0 Å². The predicted molar refractivity (Wildman–Crippen MR) is 87.2 cm³/mol. The Bertz CT molecular complexity index is 766. The second kappa shape index (κ2) is 6.48. The van der Waals surface area contributed by atoms with Crippen molar-refractivity contribution in [1.29, 1.82) is 0 Å². The number of nitrogens with zero attached hydrogens (tertiary/aromatic N) is 5. The van der Waals surface area contributed by atoms with Gasteiger partial charge in [0.2, 0.25) is 5.91 Å². The molecule has 0 spiro atoms. The van der Waals surface area contributed by atoms with Crippen LogP contribution in [0.2, 0.25) is 0 Å². The van der Waals surface area contributed by atoms with Gasteiger partial charge in [-0.05, 0) is 40.8 Å². The number of hydrogen-bond donors (Lipinski definition) is 0. The van der Waals surface area contributed by atoms with E-state index in [0.717, 1.165) is 30.4 Å². The molecule has 24 heavy (non-hydrogen) atoms. The van der Waals surface area contributed by atoms with Crippen molar-refractivity contribution in [3.8, 4) is 5.00 Å². The molecular formula is C15H19N5O3S. The van der Waals surface area contributed by atoms with E-state index in [4.69, 9.17) is 4.74 Å². The maximum atomic E-state index is 12.7. The summed E-state index contributed by atoms with van der Waals surface area (Å²) in [5.41, 5.74) is -0.390. The second-order valence-corrected chi connectivity index (χ2v) is 7.06. The highest BCUT2D eigenvalue weighted by molar-refractivity contribution is 7.12. The van der Waals surface area contributed by atoms with E-state index in [1.807, 2.05) is 16.3 Å². The lowest BCUT2D eigenvalue weighted by Crippen LogP contribution is -2.55. The normalized spacial score (nSPS) is 23.9. The Labute approximate surface area is 142 Å². The molecule has 9 heteroatoms. The summed E-state index contributed by atoms with van der Waals surface area (Å²) < 4.78 is 8.15. The van der Waals surface area contributed by atoms with Gasteiger partial charge in [0.05, 0.1) is 18.8 Å². The van der Waals surface area contributed by atoms with E-state index in [2.05, 4.69) is 10.4 Å². The number of rotatable bonds is 3. The number of aromatic nitrogens is 4. The van der Waals surface area contributed by atoms with Gasteiger partial charge in [-0.25, -0.2) is 4.79 Å². The van der Waals surface area contributed by atoms with Crippen molar-refractivity contribution >= 4 is 17.2 Å². The van der Waals surface area contributed by atoms with Gasteiger partial charge in [-0.2, -0.15) is 9.36 Å². The van der Waals surface area contributed by atoms with E-state index in [9.17, 15) is 9.59 Å². The number of morpholine rings is 1. The zero-order valence-corrected chi connectivity index (χ0v) is 14.0. The minimum Gasteiger partial charge on any atom is -0.374 e. The highest BCUT2D eigenvalue weighted by atomic mass is 32.1. The summed E-state index contributed by atoms with van der Waals surface area (Å²) in [5, 5.41) is 10.3. The van der Waals surface area contributed by atoms with Gasteiger partial charge in [0, 0.05) is 6.54 Å². The maximum absolute atomic E-state index is 12.7. The van der Waals surface area contributed by atoms with Crippen LogP contribution in [0.4, 0.5) is 0 Å². The summed E-state index contributed by atoms with van der Waals surface area (Å²) in [6.07, 6.45) is 4.37. The van der Waals surface area contributed by atoms with Crippen molar-refractivity contribution in [1.82, 2.24) is 24.7 Å². The molecule has 2 atom stereocenters. The first kappa shape index (κ1) is 15.5. The van der Waals surface area contributed by atoms with E-state index in [-0.39, 0.29) is 30.3 Å². The molecule has 1 amide bonds. The number of carbonyl (C=O) groups excluding carboxylic acids is 1. The van der Waals surface area contributed by atoms with Gasteiger partial charge in [-0.3, -0.25) is 4.79 Å². The number of fused-ring (bicyclic) bond motifs is 1. The standard InChI is InChI=1S/C15H19N5O3S/c21-13(18-7-8-23-12-5-2-1-4-11(12)18)10-19-15(22)20(17-16-19)14-6-3-9-24-14/h3,6,9,11-12H,1-2,4-5,7-8,10H2/t11-,12-/m0/s1. The highest BCUT2D eigenvalue weighted by Crippen LogP contribution is 2.28. The van der Waals surface area contributed by atoms with Crippen LogP contribution in [0.25, 0.3) is 5.00 Å². The Morgan fingerprint density at radius 2 is 2.21 bits per heavy atom. The van der Waals surface area contributed by atoms with Crippen molar-refractivity contribution < 1.29 is 9.53 Å². The fourth-order valence-electron chi connectivity index (χ4n) is 3.53. The maximum Gasteiger partial charge on any atom is 0.369 e. The Morgan fingerprint density at radius 3 is 3.04 bits per heavy atom. The molecule has 8 nitrogen and oxygen atoms in total. The lowest BCUT2D eigenvalue weighted by atomic mass is 9.90. The van der Waals surface area contributed by atoms with Gasteiger partial charge in [0.1, 0.15) is 11.5 Å². The fraction of sp³-hybridized carbons (Fsp3) is 0.600. The fourth-order valence-corrected chi connectivity index (χ4v) is 4.20. The zero-order chi connectivity index (χ0) is 16.5. The minimum atomic E-state index is -0.390. The number of amides is 1. The van der Waals surface area contributed by atoms with Crippen LogP contribution in [0.3, 0.4) is 0 Å². The second-order valence-electron chi connectivity index (χ2n) is 6.13. The van der Waals surface area contributed by atoms with Crippen LogP contribution < -0.4 is 5.69 Å². The smallest absolute Gasteiger partial charge is 0.369 e. The molecule has 2 aromatic rings. The summed E-state index contributed by atoms with van der Waals surface area (Å²) in [6.45, 7) is 1.06. The van der Waals surface area contributed by atoms with E-state index in [0.29, 0.717) is 18.2 Å². The third kappa shape index (κ3) is 2.78. The summed E-state index contributed by atoms with van der Waals surface area (Å²) in [6, 6.07) is 3.76. The quantitative estimate of drug-likeness (QED) is 0.813. The lowest BCUT2D eigenvalue weighted by Gasteiger charge is -2.43. The van der Waals surface area contributed by atoms with Crippen LogP contribution in [-0.2, 0) is 16.1 Å². The molecule has 3 heterocycles. The summed E-state index contributed by atoms with van der Waals surface area (Å²) in [5.74, 6) is -0.0875. The Kier molecular flexibility index (Phi) is 4.19. The molecule has 1 saturated heterocycles. The monoisotopic (exact) mass is 349 g/mol. The van der Waals surface area contributed by atoms with Crippen LogP contribution in [0.5, 0.6) is 0 Å². The molecule has 1 aliphatic heterocycles. The average molecular weight is 349 g/mol.